The fraction of sp³-hybridized carbons (Fsp3) is 0.0909. The Labute approximate surface area is 76.5 Å². The molecule has 1 aromatic carbocycles. The normalized spacial score (nSPS) is 11.5. The van der Waals surface area contributed by atoms with Gasteiger partial charge in [-0.25, -0.2) is 0 Å². The van der Waals surface area contributed by atoms with E-state index in [2.05, 4.69) is 11.1 Å². The highest BCUT2D eigenvalue weighted by Gasteiger charge is 1.97. The maximum Gasteiger partial charge on any atom is 0.0615 e. The second-order valence-corrected chi connectivity index (χ2v) is 2.87. The first kappa shape index (κ1) is 8.08. The lowest BCUT2D eigenvalue weighted by Gasteiger charge is -1.89. The SMILES string of the molecule is OCC=Cc1c[nH]c2ccccc12. The first-order valence-electron chi connectivity index (χ1n) is 4.25. The molecule has 13 heavy (non-hydrogen) atoms. The summed E-state index contributed by atoms with van der Waals surface area (Å²) < 4.78 is 0. The third-order valence-electron chi connectivity index (χ3n) is 2.02. The van der Waals surface area contributed by atoms with Crippen molar-refractivity contribution in [1.29, 1.82) is 0 Å². The fourth-order valence-electron chi connectivity index (χ4n) is 1.41. The average Bonchev–Trinajstić information content (AvgIpc) is 2.58. The number of aliphatic hydroxyl groups excluding tert-OH is 1. The van der Waals surface area contributed by atoms with Crippen molar-refractivity contribution >= 4 is 17.0 Å². The van der Waals surface area contributed by atoms with Gasteiger partial charge in [-0.2, -0.15) is 0 Å². The van der Waals surface area contributed by atoms with Crippen LogP contribution in [0.15, 0.2) is 36.5 Å². The number of nitrogens with one attached hydrogen (secondary N) is 1. The minimum Gasteiger partial charge on any atom is -0.392 e. The molecule has 0 saturated carbocycles. The third-order valence-corrected chi connectivity index (χ3v) is 2.02. The minimum atomic E-state index is 0.0828. The van der Waals surface area contributed by atoms with E-state index in [1.807, 2.05) is 30.5 Å². The van der Waals surface area contributed by atoms with Gasteiger partial charge in [-0.05, 0) is 11.6 Å². The van der Waals surface area contributed by atoms with Crippen molar-refractivity contribution in [1.82, 2.24) is 4.98 Å². The van der Waals surface area contributed by atoms with Gasteiger partial charge in [0.15, 0.2) is 0 Å². The van der Waals surface area contributed by atoms with E-state index in [9.17, 15) is 0 Å². The summed E-state index contributed by atoms with van der Waals surface area (Å²) in [4.78, 5) is 3.16. The van der Waals surface area contributed by atoms with E-state index in [1.54, 1.807) is 6.08 Å². The molecule has 0 aliphatic rings. The van der Waals surface area contributed by atoms with E-state index in [1.165, 1.54) is 5.39 Å². The van der Waals surface area contributed by atoms with Crippen molar-refractivity contribution in [3.8, 4) is 0 Å². The molecule has 0 bridgehead atoms. The van der Waals surface area contributed by atoms with Gasteiger partial charge >= 0.3 is 0 Å². The summed E-state index contributed by atoms with van der Waals surface area (Å²) in [7, 11) is 0. The van der Waals surface area contributed by atoms with Gasteiger partial charge in [0.25, 0.3) is 0 Å². The molecular weight excluding hydrogens is 162 g/mol. The molecule has 1 aromatic heterocycles. The number of hydrogen-bond acceptors (Lipinski definition) is 1. The summed E-state index contributed by atoms with van der Waals surface area (Å²) >= 11 is 0. The molecule has 66 valence electrons. The molecule has 0 aliphatic carbocycles. The van der Waals surface area contributed by atoms with Gasteiger partial charge in [-0.15, -0.1) is 0 Å². The Morgan fingerprint density at radius 3 is 3.00 bits per heavy atom. The van der Waals surface area contributed by atoms with E-state index in [4.69, 9.17) is 5.11 Å². The molecule has 0 radical (unpaired) electrons. The number of para-hydroxylation sites is 1. The van der Waals surface area contributed by atoms with Crippen molar-refractivity contribution in [2.45, 2.75) is 0 Å². The highest BCUT2D eigenvalue weighted by Crippen LogP contribution is 2.18. The van der Waals surface area contributed by atoms with Gasteiger partial charge in [-0.1, -0.05) is 30.4 Å². The number of fused-ring (bicyclic) bond motifs is 1. The molecule has 2 nitrogen and oxygen atoms in total. The van der Waals surface area contributed by atoms with Crippen LogP contribution in [0.2, 0.25) is 0 Å². The molecular formula is C11H11NO. The van der Waals surface area contributed by atoms with Gasteiger partial charge in [0.2, 0.25) is 0 Å². The first-order chi connectivity index (χ1) is 6.42. The second kappa shape index (κ2) is 3.46. The Morgan fingerprint density at radius 2 is 2.15 bits per heavy atom. The smallest absolute Gasteiger partial charge is 0.0615 e. The second-order valence-electron chi connectivity index (χ2n) is 2.87. The lowest BCUT2D eigenvalue weighted by molar-refractivity contribution is 0.343. The van der Waals surface area contributed by atoms with Crippen molar-refractivity contribution in [3.63, 3.8) is 0 Å². The monoisotopic (exact) mass is 173 g/mol. The van der Waals surface area contributed by atoms with Crippen LogP contribution in [0.3, 0.4) is 0 Å². The highest BCUT2D eigenvalue weighted by molar-refractivity contribution is 5.88. The number of rotatable bonds is 2. The van der Waals surface area contributed by atoms with Crippen LogP contribution >= 0.6 is 0 Å². The van der Waals surface area contributed by atoms with E-state index >= 15 is 0 Å². The number of aromatic nitrogens is 1. The molecule has 2 rings (SSSR count). The fourth-order valence-corrected chi connectivity index (χ4v) is 1.41. The zero-order valence-electron chi connectivity index (χ0n) is 7.20. The maximum atomic E-state index is 8.64. The quantitative estimate of drug-likeness (QED) is 0.717. The summed E-state index contributed by atoms with van der Waals surface area (Å²) in [6, 6.07) is 8.10. The van der Waals surface area contributed by atoms with Crippen molar-refractivity contribution in [2.75, 3.05) is 6.61 Å². The van der Waals surface area contributed by atoms with Crippen molar-refractivity contribution in [2.24, 2.45) is 0 Å². The first-order valence-corrected chi connectivity index (χ1v) is 4.25. The predicted molar refractivity (Wildman–Crippen MR) is 54.4 cm³/mol. The number of H-pyrrole nitrogens is 1. The molecule has 1 heterocycles. The molecule has 0 unspecified atom stereocenters. The van der Waals surface area contributed by atoms with Crippen LogP contribution < -0.4 is 0 Å². The van der Waals surface area contributed by atoms with Gasteiger partial charge in [0, 0.05) is 17.1 Å². The van der Waals surface area contributed by atoms with Crippen molar-refractivity contribution < 1.29 is 5.11 Å². The van der Waals surface area contributed by atoms with Gasteiger partial charge in [0.1, 0.15) is 0 Å². The molecule has 0 amide bonds. The number of benzene rings is 1. The largest absolute Gasteiger partial charge is 0.392 e. The Morgan fingerprint density at radius 1 is 1.31 bits per heavy atom. The van der Waals surface area contributed by atoms with E-state index in [0.29, 0.717) is 0 Å². The number of hydrogen-bond donors (Lipinski definition) is 2. The zero-order valence-corrected chi connectivity index (χ0v) is 7.20. The molecule has 0 spiro atoms. The van der Waals surface area contributed by atoms with E-state index in [-0.39, 0.29) is 6.61 Å². The Kier molecular flexibility index (Phi) is 2.15. The van der Waals surface area contributed by atoms with Crippen LogP contribution in [0.1, 0.15) is 5.56 Å². The number of aromatic amines is 1. The predicted octanol–water partition coefficient (Wildman–Crippen LogP) is 2.17. The molecule has 0 atom stereocenters. The van der Waals surface area contributed by atoms with Gasteiger partial charge < -0.3 is 10.1 Å². The van der Waals surface area contributed by atoms with Crippen LogP contribution in [-0.4, -0.2) is 16.7 Å². The Hall–Kier alpha value is -1.54. The summed E-state index contributed by atoms with van der Waals surface area (Å²) in [5.41, 5.74) is 2.24. The zero-order chi connectivity index (χ0) is 9.10. The van der Waals surface area contributed by atoms with Crippen LogP contribution in [-0.2, 0) is 0 Å². The van der Waals surface area contributed by atoms with Crippen LogP contribution in [0.25, 0.3) is 17.0 Å². The molecule has 2 N–H and O–H groups in total. The molecule has 2 heteroatoms. The topological polar surface area (TPSA) is 36.0 Å². The summed E-state index contributed by atoms with van der Waals surface area (Å²) in [5, 5.41) is 9.83. The average molecular weight is 173 g/mol. The summed E-state index contributed by atoms with van der Waals surface area (Å²) in [6.45, 7) is 0.0828. The summed E-state index contributed by atoms with van der Waals surface area (Å²) in [5.74, 6) is 0. The summed E-state index contributed by atoms with van der Waals surface area (Å²) in [6.07, 6.45) is 5.59. The van der Waals surface area contributed by atoms with E-state index < -0.39 is 0 Å². The van der Waals surface area contributed by atoms with E-state index in [0.717, 1.165) is 11.1 Å². The molecule has 0 aliphatic heterocycles. The van der Waals surface area contributed by atoms with Gasteiger partial charge in [0.05, 0.1) is 6.61 Å². The number of aliphatic hydroxyl groups is 1. The van der Waals surface area contributed by atoms with Crippen LogP contribution in [0.5, 0.6) is 0 Å². The Balaban J connectivity index is 2.52. The van der Waals surface area contributed by atoms with Crippen LogP contribution in [0.4, 0.5) is 0 Å². The molecule has 0 fully saturated rings. The lowest BCUT2D eigenvalue weighted by Crippen LogP contribution is -1.71. The highest BCUT2D eigenvalue weighted by atomic mass is 16.2. The molecule has 0 saturated heterocycles. The third kappa shape index (κ3) is 1.48. The molecule has 2 aromatic rings. The minimum absolute atomic E-state index is 0.0828. The van der Waals surface area contributed by atoms with Crippen LogP contribution in [0, 0.1) is 0 Å². The Bertz CT molecular complexity index is 428. The standard InChI is InChI=1S/C11H11NO/c13-7-3-4-9-8-12-11-6-2-1-5-10(9)11/h1-6,8,12-13H,7H2. The van der Waals surface area contributed by atoms with Crippen molar-refractivity contribution in [3.05, 3.63) is 42.1 Å². The lowest BCUT2D eigenvalue weighted by atomic mass is 10.2. The maximum absolute atomic E-state index is 8.64. The van der Waals surface area contributed by atoms with Gasteiger partial charge in [-0.3, -0.25) is 0 Å².